The fourth-order valence-corrected chi connectivity index (χ4v) is 10.2. The van der Waals surface area contributed by atoms with Crippen LogP contribution in [0.25, 0.3) is 120 Å². The molecule has 12 rings (SSSR count). The van der Waals surface area contributed by atoms with Gasteiger partial charge in [0.1, 0.15) is 0 Å². The van der Waals surface area contributed by atoms with E-state index in [1.54, 1.807) is 0 Å². The Balaban J connectivity index is 1.27. The molecule has 0 radical (unpaired) electrons. The van der Waals surface area contributed by atoms with E-state index in [1.165, 1.54) is 109 Å². The zero-order valence-corrected chi connectivity index (χ0v) is 31.3. The third-order valence-corrected chi connectivity index (χ3v) is 12.5. The van der Waals surface area contributed by atoms with Gasteiger partial charge in [-0.25, -0.2) is 0 Å². The van der Waals surface area contributed by atoms with Crippen molar-refractivity contribution in [3.63, 3.8) is 0 Å². The van der Waals surface area contributed by atoms with Crippen LogP contribution in [0, 0.1) is 18.3 Å². The van der Waals surface area contributed by atoms with Gasteiger partial charge in [0.05, 0.1) is 11.6 Å². The molecular weight excluding hydrogens is 687 g/mol. The van der Waals surface area contributed by atoms with Crippen molar-refractivity contribution in [2.45, 2.75) is 6.92 Å². The van der Waals surface area contributed by atoms with Crippen LogP contribution in [0.5, 0.6) is 0 Å². The van der Waals surface area contributed by atoms with E-state index in [1.807, 2.05) is 12.1 Å². The standard InChI is InChI=1S/C56H33N/c1-33-29-34(32-57)25-26-39(33)37-17-10-18-38(30-37)40-27-28-47-52-43(40)21-11-24-46(52)55-50(35-13-4-2-5-14-35)49-31-48-42-20-9-8-19-41(42)44-22-12-23-45(53(44)48)54(49)51(56(47)55)36-15-6-3-7-16-36/h2-31H,1H3. The lowest BCUT2D eigenvalue weighted by atomic mass is 9.84. The van der Waals surface area contributed by atoms with Crippen molar-refractivity contribution in [1.29, 1.82) is 5.26 Å². The number of rotatable bonds is 4. The van der Waals surface area contributed by atoms with Crippen LogP contribution in [-0.4, -0.2) is 0 Å². The minimum Gasteiger partial charge on any atom is -0.192 e. The maximum absolute atomic E-state index is 9.51. The van der Waals surface area contributed by atoms with Gasteiger partial charge >= 0.3 is 0 Å². The van der Waals surface area contributed by atoms with Crippen molar-refractivity contribution in [1.82, 2.24) is 0 Å². The zero-order valence-electron chi connectivity index (χ0n) is 31.3. The van der Waals surface area contributed by atoms with Gasteiger partial charge in [0, 0.05) is 0 Å². The number of aryl methyl sites for hydroxylation is 1. The van der Waals surface area contributed by atoms with Crippen molar-refractivity contribution >= 4 is 75.4 Å². The van der Waals surface area contributed by atoms with E-state index in [0.717, 1.165) is 16.7 Å². The summed E-state index contributed by atoms with van der Waals surface area (Å²) in [6, 6.07) is 69.2. The van der Waals surface area contributed by atoms with Crippen LogP contribution in [0.2, 0.25) is 0 Å². The molecule has 0 aromatic heterocycles. The van der Waals surface area contributed by atoms with Crippen LogP contribution in [0.3, 0.4) is 0 Å². The SMILES string of the molecule is Cc1cc(C#N)ccc1-c1cccc(-c2ccc3c4c(-c5ccccc5)c5c(cc6c7ccccc7c7cccc5c76)c(-c5ccccc5)c4c4cccc2c43)c1. The van der Waals surface area contributed by atoms with E-state index in [2.05, 4.69) is 183 Å². The first-order chi connectivity index (χ1) is 28.2. The molecule has 0 bridgehead atoms. The first kappa shape index (κ1) is 31.8. The van der Waals surface area contributed by atoms with Gasteiger partial charge in [-0.05, 0) is 157 Å². The van der Waals surface area contributed by atoms with Crippen molar-refractivity contribution < 1.29 is 0 Å². The van der Waals surface area contributed by atoms with Gasteiger partial charge in [-0.1, -0.05) is 158 Å². The molecule has 0 aliphatic heterocycles. The smallest absolute Gasteiger partial charge is 0.0991 e. The Morgan fingerprint density at radius 3 is 1.54 bits per heavy atom. The molecule has 0 aliphatic carbocycles. The highest BCUT2D eigenvalue weighted by Gasteiger charge is 2.27. The molecule has 1 nitrogen and oxygen atoms in total. The number of benzene rings is 10. The number of hydrogen-bond donors (Lipinski definition) is 0. The Bertz CT molecular complexity index is 3630. The lowest BCUT2D eigenvalue weighted by Gasteiger charge is -2.19. The summed E-state index contributed by atoms with van der Waals surface area (Å²) in [5.41, 5.74) is 11.5. The van der Waals surface area contributed by atoms with Gasteiger partial charge in [0.25, 0.3) is 0 Å². The van der Waals surface area contributed by atoms with Crippen LogP contribution in [-0.2, 0) is 0 Å². The Kier molecular flexibility index (Phi) is 6.68. The summed E-state index contributed by atoms with van der Waals surface area (Å²) >= 11 is 0. The van der Waals surface area contributed by atoms with Crippen LogP contribution in [0.1, 0.15) is 11.1 Å². The Hall–Kier alpha value is -7.53. The molecule has 0 N–H and O–H groups in total. The second kappa shape index (κ2) is 12.0. The molecule has 0 saturated carbocycles. The third kappa shape index (κ3) is 4.44. The van der Waals surface area contributed by atoms with E-state index in [0.29, 0.717) is 5.56 Å². The molecular formula is C56H33N. The summed E-state index contributed by atoms with van der Waals surface area (Å²) in [4.78, 5) is 0. The lowest BCUT2D eigenvalue weighted by molar-refractivity contribution is 1.41. The van der Waals surface area contributed by atoms with Crippen LogP contribution in [0.15, 0.2) is 182 Å². The molecule has 12 aromatic rings. The van der Waals surface area contributed by atoms with Crippen molar-refractivity contribution in [2.24, 2.45) is 0 Å². The highest BCUT2D eigenvalue weighted by molar-refractivity contribution is 6.45. The molecule has 0 saturated heterocycles. The number of nitrogens with zero attached hydrogens (tertiary/aromatic N) is 1. The number of fused-ring (bicyclic) bond motifs is 8. The fraction of sp³-hybridized carbons (Fsp3) is 0.0179. The monoisotopic (exact) mass is 719 g/mol. The minimum absolute atomic E-state index is 0.684. The summed E-state index contributed by atoms with van der Waals surface area (Å²) in [5, 5.41) is 27.7. The fourth-order valence-electron chi connectivity index (χ4n) is 10.2. The van der Waals surface area contributed by atoms with Crippen LogP contribution >= 0.6 is 0 Å². The Morgan fingerprint density at radius 2 is 0.825 bits per heavy atom. The van der Waals surface area contributed by atoms with Crippen molar-refractivity contribution in [3.8, 4) is 50.6 Å². The summed E-state index contributed by atoms with van der Waals surface area (Å²) < 4.78 is 0. The highest BCUT2D eigenvalue weighted by Crippen LogP contribution is 2.55. The molecule has 0 aliphatic rings. The molecule has 1 heteroatoms. The maximum atomic E-state index is 9.51. The van der Waals surface area contributed by atoms with E-state index >= 15 is 0 Å². The van der Waals surface area contributed by atoms with Gasteiger partial charge in [0.2, 0.25) is 0 Å². The second-order valence-electron chi connectivity index (χ2n) is 15.5. The first-order valence-electron chi connectivity index (χ1n) is 19.7. The number of hydrogen-bond acceptors (Lipinski definition) is 1. The Labute approximate surface area is 330 Å². The van der Waals surface area contributed by atoms with E-state index in [-0.39, 0.29) is 0 Å². The molecule has 57 heavy (non-hydrogen) atoms. The molecule has 0 heterocycles. The molecule has 0 atom stereocenters. The van der Waals surface area contributed by atoms with Gasteiger partial charge in [-0.3, -0.25) is 0 Å². The average molecular weight is 720 g/mol. The Morgan fingerprint density at radius 1 is 0.316 bits per heavy atom. The molecule has 0 unspecified atom stereocenters. The highest BCUT2D eigenvalue weighted by atomic mass is 14.3. The van der Waals surface area contributed by atoms with Crippen LogP contribution in [0.4, 0.5) is 0 Å². The first-order valence-corrected chi connectivity index (χ1v) is 19.7. The molecule has 12 aromatic carbocycles. The van der Waals surface area contributed by atoms with E-state index < -0.39 is 0 Å². The molecule has 0 fully saturated rings. The van der Waals surface area contributed by atoms with Gasteiger partial charge in [-0.15, -0.1) is 0 Å². The van der Waals surface area contributed by atoms with Gasteiger partial charge in [-0.2, -0.15) is 5.26 Å². The lowest BCUT2D eigenvalue weighted by Crippen LogP contribution is -1.91. The normalized spacial score (nSPS) is 11.9. The molecule has 0 spiro atoms. The summed E-state index contributed by atoms with van der Waals surface area (Å²) in [6.07, 6.45) is 0. The summed E-state index contributed by atoms with van der Waals surface area (Å²) in [6.45, 7) is 2.09. The predicted molar refractivity (Wildman–Crippen MR) is 243 cm³/mol. The summed E-state index contributed by atoms with van der Waals surface area (Å²) in [5.74, 6) is 0. The minimum atomic E-state index is 0.684. The molecule has 262 valence electrons. The topological polar surface area (TPSA) is 23.8 Å². The largest absolute Gasteiger partial charge is 0.192 e. The van der Waals surface area contributed by atoms with Gasteiger partial charge < -0.3 is 0 Å². The molecule has 0 amide bonds. The maximum Gasteiger partial charge on any atom is 0.0991 e. The van der Waals surface area contributed by atoms with E-state index in [4.69, 9.17) is 0 Å². The van der Waals surface area contributed by atoms with Crippen LogP contribution < -0.4 is 0 Å². The average Bonchev–Trinajstić information content (AvgIpc) is 3.77. The van der Waals surface area contributed by atoms with Crippen molar-refractivity contribution in [3.05, 3.63) is 193 Å². The third-order valence-electron chi connectivity index (χ3n) is 12.5. The van der Waals surface area contributed by atoms with Crippen molar-refractivity contribution in [2.75, 3.05) is 0 Å². The van der Waals surface area contributed by atoms with E-state index in [9.17, 15) is 5.26 Å². The number of nitriles is 1. The van der Waals surface area contributed by atoms with Gasteiger partial charge in [0.15, 0.2) is 0 Å². The summed E-state index contributed by atoms with van der Waals surface area (Å²) in [7, 11) is 0. The quantitative estimate of drug-likeness (QED) is 0.166. The second-order valence-corrected chi connectivity index (χ2v) is 15.5. The predicted octanol–water partition coefficient (Wildman–Crippen LogP) is 15.5. The zero-order chi connectivity index (χ0) is 37.8.